The summed E-state index contributed by atoms with van der Waals surface area (Å²) < 4.78 is 5.90. The highest BCUT2D eigenvalue weighted by Crippen LogP contribution is 2.20. The third kappa shape index (κ3) is 5.41. The second-order valence-corrected chi connectivity index (χ2v) is 6.51. The fourth-order valence-electron chi connectivity index (χ4n) is 3.29. The highest BCUT2D eigenvalue weighted by molar-refractivity contribution is 4.72. The molecule has 0 spiro atoms. The molecular weight excluding hydrogens is 236 g/mol. The molecule has 0 aliphatic carbocycles. The molecule has 0 N–H and O–H groups in total. The minimum absolute atomic E-state index is 0.807. The zero-order valence-corrected chi connectivity index (χ0v) is 12.9. The van der Waals surface area contributed by atoms with Crippen molar-refractivity contribution in [3.8, 4) is 0 Å². The van der Waals surface area contributed by atoms with Crippen molar-refractivity contribution in [1.82, 2.24) is 9.80 Å². The van der Waals surface area contributed by atoms with Crippen LogP contribution in [0.5, 0.6) is 0 Å². The lowest BCUT2D eigenvalue weighted by Gasteiger charge is -2.32. The van der Waals surface area contributed by atoms with Crippen LogP contribution in [0.15, 0.2) is 0 Å². The van der Waals surface area contributed by atoms with Crippen LogP contribution < -0.4 is 0 Å². The molecule has 0 bridgehead atoms. The maximum Gasteiger partial charge on any atom is 0.0593 e. The zero-order valence-electron chi connectivity index (χ0n) is 12.9. The van der Waals surface area contributed by atoms with Gasteiger partial charge in [0.15, 0.2) is 0 Å². The minimum atomic E-state index is 0.807. The number of rotatable bonds is 6. The van der Waals surface area contributed by atoms with Crippen LogP contribution >= 0.6 is 0 Å². The normalized spacial score (nSPS) is 24.9. The van der Waals surface area contributed by atoms with Gasteiger partial charge in [-0.05, 0) is 70.7 Å². The van der Waals surface area contributed by atoms with Crippen molar-refractivity contribution in [3.05, 3.63) is 0 Å². The predicted octanol–water partition coefficient (Wildman–Crippen LogP) is 2.47. The molecule has 3 nitrogen and oxygen atoms in total. The first-order chi connectivity index (χ1) is 9.28. The van der Waals surface area contributed by atoms with Gasteiger partial charge in [-0.1, -0.05) is 13.3 Å². The Morgan fingerprint density at radius 3 is 2.21 bits per heavy atom. The summed E-state index contributed by atoms with van der Waals surface area (Å²) in [5.41, 5.74) is 0. The molecule has 0 radical (unpaired) electrons. The third-order valence-corrected chi connectivity index (χ3v) is 5.03. The van der Waals surface area contributed by atoms with Crippen molar-refractivity contribution in [2.75, 3.05) is 53.0 Å². The molecule has 2 fully saturated rings. The summed E-state index contributed by atoms with van der Waals surface area (Å²) in [6.07, 6.45) is 6.79. The monoisotopic (exact) mass is 268 g/mol. The van der Waals surface area contributed by atoms with Gasteiger partial charge in [-0.15, -0.1) is 0 Å². The molecule has 0 unspecified atom stereocenters. The lowest BCUT2D eigenvalue weighted by Crippen LogP contribution is -2.36. The van der Waals surface area contributed by atoms with Crippen molar-refractivity contribution >= 4 is 0 Å². The molecule has 2 heterocycles. The number of likely N-dealkylation sites (tertiary alicyclic amines) is 2. The summed E-state index contributed by atoms with van der Waals surface area (Å²) in [7, 11) is 2.22. The molecule has 2 rings (SSSR count). The highest BCUT2D eigenvalue weighted by atomic mass is 16.5. The van der Waals surface area contributed by atoms with Crippen molar-refractivity contribution in [2.24, 2.45) is 11.8 Å². The molecule has 112 valence electrons. The predicted molar refractivity (Wildman–Crippen MR) is 80.5 cm³/mol. The standard InChI is InChI=1S/C16H32N2O/c1-3-15-6-10-18(11-7-15)12-13-19-14-16-4-8-17(2)9-5-16/h15-16H,3-14H2,1-2H3. The van der Waals surface area contributed by atoms with Crippen LogP contribution in [0.2, 0.25) is 0 Å². The van der Waals surface area contributed by atoms with Crippen molar-refractivity contribution in [3.63, 3.8) is 0 Å². The van der Waals surface area contributed by atoms with Gasteiger partial charge in [-0.25, -0.2) is 0 Å². The first-order valence-electron chi connectivity index (χ1n) is 8.26. The fraction of sp³-hybridized carbons (Fsp3) is 1.00. The molecule has 19 heavy (non-hydrogen) atoms. The summed E-state index contributed by atoms with van der Waals surface area (Å²) in [4.78, 5) is 5.01. The molecule has 0 atom stereocenters. The molecule has 3 heteroatoms. The van der Waals surface area contributed by atoms with Crippen molar-refractivity contribution < 1.29 is 4.74 Å². The Morgan fingerprint density at radius 2 is 1.58 bits per heavy atom. The maximum absolute atomic E-state index is 5.90. The first-order valence-corrected chi connectivity index (χ1v) is 8.26. The van der Waals surface area contributed by atoms with E-state index in [1.54, 1.807) is 0 Å². The number of piperidine rings is 2. The van der Waals surface area contributed by atoms with Crippen molar-refractivity contribution in [2.45, 2.75) is 39.0 Å². The molecule has 2 aliphatic heterocycles. The highest BCUT2D eigenvalue weighted by Gasteiger charge is 2.18. The average molecular weight is 268 g/mol. The molecule has 2 aliphatic rings. The summed E-state index contributed by atoms with van der Waals surface area (Å²) in [6.45, 7) is 10.5. The van der Waals surface area contributed by atoms with Crippen LogP contribution in [0, 0.1) is 11.8 Å². The van der Waals surface area contributed by atoms with Crippen LogP contribution in [-0.2, 0) is 4.74 Å². The van der Waals surface area contributed by atoms with Gasteiger partial charge in [0.05, 0.1) is 6.61 Å². The lowest BCUT2D eigenvalue weighted by atomic mass is 9.94. The number of nitrogens with zero attached hydrogens (tertiary/aromatic N) is 2. The Kier molecular flexibility index (Phi) is 6.62. The Morgan fingerprint density at radius 1 is 0.947 bits per heavy atom. The van der Waals surface area contributed by atoms with Crippen LogP contribution in [0.3, 0.4) is 0 Å². The first kappa shape index (κ1) is 15.3. The molecule has 2 saturated heterocycles. The van der Waals surface area contributed by atoms with E-state index in [2.05, 4.69) is 23.8 Å². The SMILES string of the molecule is CCC1CCN(CCOCC2CCN(C)CC2)CC1. The Balaban J connectivity index is 1.48. The number of ether oxygens (including phenoxy) is 1. The quantitative estimate of drug-likeness (QED) is 0.688. The Labute approximate surface area is 119 Å². The van der Waals surface area contributed by atoms with E-state index < -0.39 is 0 Å². The van der Waals surface area contributed by atoms with E-state index >= 15 is 0 Å². The summed E-state index contributed by atoms with van der Waals surface area (Å²) in [6, 6.07) is 0. The van der Waals surface area contributed by atoms with Gasteiger partial charge < -0.3 is 14.5 Å². The van der Waals surface area contributed by atoms with E-state index in [0.29, 0.717) is 0 Å². The van der Waals surface area contributed by atoms with E-state index in [9.17, 15) is 0 Å². The minimum Gasteiger partial charge on any atom is -0.380 e. The summed E-state index contributed by atoms with van der Waals surface area (Å²) in [5, 5.41) is 0. The molecular formula is C16H32N2O. The third-order valence-electron chi connectivity index (χ3n) is 5.03. The van der Waals surface area contributed by atoms with E-state index in [0.717, 1.165) is 31.6 Å². The van der Waals surface area contributed by atoms with Gasteiger partial charge in [0.25, 0.3) is 0 Å². The average Bonchev–Trinajstić information content (AvgIpc) is 2.46. The van der Waals surface area contributed by atoms with E-state index in [1.165, 1.54) is 58.3 Å². The van der Waals surface area contributed by atoms with Crippen LogP contribution in [0.1, 0.15) is 39.0 Å². The van der Waals surface area contributed by atoms with Crippen LogP contribution in [-0.4, -0.2) is 62.8 Å². The van der Waals surface area contributed by atoms with E-state index in [1.807, 2.05) is 0 Å². The van der Waals surface area contributed by atoms with Gasteiger partial charge in [0.1, 0.15) is 0 Å². The van der Waals surface area contributed by atoms with Crippen molar-refractivity contribution in [1.29, 1.82) is 0 Å². The van der Waals surface area contributed by atoms with Crippen LogP contribution in [0.4, 0.5) is 0 Å². The van der Waals surface area contributed by atoms with Gasteiger partial charge in [0, 0.05) is 13.2 Å². The van der Waals surface area contributed by atoms with Crippen LogP contribution in [0.25, 0.3) is 0 Å². The second-order valence-electron chi connectivity index (χ2n) is 6.51. The maximum atomic E-state index is 5.90. The summed E-state index contributed by atoms with van der Waals surface area (Å²) in [5.74, 6) is 1.79. The number of hydrogen-bond acceptors (Lipinski definition) is 3. The Bertz CT molecular complexity index is 231. The van der Waals surface area contributed by atoms with Gasteiger partial charge in [-0.2, -0.15) is 0 Å². The molecule has 0 saturated carbocycles. The smallest absolute Gasteiger partial charge is 0.0593 e. The fourth-order valence-corrected chi connectivity index (χ4v) is 3.29. The lowest BCUT2D eigenvalue weighted by molar-refractivity contribution is 0.0505. The number of hydrogen-bond donors (Lipinski definition) is 0. The molecule has 0 aromatic rings. The second kappa shape index (κ2) is 8.23. The zero-order chi connectivity index (χ0) is 13.5. The molecule has 0 aromatic carbocycles. The summed E-state index contributed by atoms with van der Waals surface area (Å²) >= 11 is 0. The van der Waals surface area contributed by atoms with Gasteiger partial charge >= 0.3 is 0 Å². The topological polar surface area (TPSA) is 15.7 Å². The van der Waals surface area contributed by atoms with E-state index in [-0.39, 0.29) is 0 Å². The van der Waals surface area contributed by atoms with Gasteiger partial charge in [0.2, 0.25) is 0 Å². The van der Waals surface area contributed by atoms with E-state index in [4.69, 9.17) is 4.74 Å². The van der Waals surface area contributed by atoms with Gasteiger partial charge in [-0.3, -0.25) is 0 Å². The Hall–Kier alpha value is -0.120. The molecule has 0 amide bonds. The largest absolute Gasteiger partial charge is 0.380 e. The molecule has 0 aromatic heterocycles.